The summed E-state index contributed by atoms with van der Waals surface area (Å²) in [4.78, 5) is 10.2. The summed E-state index contributed by atoms with van der Waals surface area (Å²) in [6, 6.07) is 0. The van der Waals surface area contributed by atoms with Crippen LogP contribution in [0.25, 0.3) is 0 Å². The van der Waals surface area contributed by atoms with Gasteiger partial charge in [-0.1, -0.05) is 0 Å². The predicted molar refractivity (Wildman–Crippen MR) is 61.4 cm³/mol. The Hall–Kier alpha value is -0.170. The second kappa shape index (κ2) is 5.44. The van der Waals surface area contributed by atoms with Crippen molar-refractivity contribution < 1.29 is 22.4 Å². The van der Waals surface area contributed by atoms with Crippen molar-refractivity contribution in [2.45, 2.75) is 52.7 Å². The first kappa shape index (κ1) is 15.8. The first-order valence-electron chi connectivity index (χ1n) is 5.21. The molecule has 5 nitrogen and oxygen atoms in total. The van der Waals surface area contributed by atoms with E-state index in [0.717, 1.165) is 0 Å². The fraction of sp³-hybridized carbons (Fsp3) is 1.00. The Bertz CT molecular complexity index is 300. The lowest BCUT2D eigenvalue weighted by molar-refractivity contribution is -0.392. The summed E-state index contributed by atoms with van der Waals surface area (Å²) in [5.74, 6) is -0.246. The third-order valence-electron chi connectivity index (χ3n) is 1.34. The van der Waals surface area contributed by atoms with E-state index < -0.39 is 21.3 Å². The lowest BCUT2D eigenvalue weighted by Crippen LogP contribution is -2.37. The Labute approximate surface area is 98.1 Å². The van der Waals surface area contributed by atoms with Gasteiger partial charge < -0.3 is 0 Å². The summed E-state index contributed by atoms with van der Waals surface area (Å²) in [7, 11) is -3.56. The minimum atomic E-state index is -3.56. The fourth-order valence-electron chi connectivity index (χ4n) is 0.909. The average Bonchev–Trinajstić information content (AvgIpc) is 1.97. The summed E-state index contributed by atoms with van der Waals surface area (Å²) in [6.07, 6.45) is 0. The van der Waals surface area contributed by atoms with Gasteiger partial charge in [0.15, 0.2) is 0 Å². The molecule has 0 radical (unpaired) electrons. The Kier molecular flexibility index (Phi) is 5.38. The molecular formula is C10H22O5S. The van der Waals surface area contributed by atoms with Crippen LogP contribution in [0, 0.1) is 0 Å². The molecule has 0 aromatic carbocycles. The highest BCUT2D eigenvalue weighted by molar-refractivity contribution is 7.86. The highest BCUT2D eigenvalue weighted by atomic mass is 32.2. The van der Waals surface area contributed by atoms with Gasteiger partial charge in [-0.05, 0) is 41.5 Å². The molecule has 0 aliphatic heterocycles. The van der Waals surface area contributed by atoms with Gasteiger partial charge in [-0.15, -0.1) is 0 Å². The van der Waals surface area contributed by atoms with Crippen LogP contribution in [0.2, 0.25) is 0 Å². The molecular weight excluding hydrogens is 232 g/mol. The topological polar surface area (TPSA) is 61.8 Å². The van der Waals surface area contributed by atoms with Crippen molar-refractivity contribution in [2.24, 2.45) is 0 Å². The summed E-state index contributed by atoms with van der Waals surface area (Å²) < 4.78 is 27.5. The molecule has 0 aromatic rings. The van der Waals surface area contributed by atoms with Crippen molar-refractivity contribution in [1.82, 2.24) is 0 Å². The van der Waals surface area contributed by atoms with Crippen LogP contribution >= 0.6 is 0 Å². The molecule has 0 fully saturated rings. The molecule has 0 aromatic heterocycles. The van der Waals surface area contributed by atoms with Crippen molar-refractivity contribution in [3.63, 3.8) is 0 Å². The van der Waals surface area contributed by atoms with Gasteiger partial charge in [-0.3, -0.25) is 4.18 Å². The van der Waals surface area contributed by atoms with Crippen LogP contribution in [0.5, 0.6) is 0 Å². The SMILES string of the molecule is CCOS(=O)(=O)CC(C)(C)OOC(C)(C)C. The lowest BCUT2D eigenvalue weighted by Gasteiger charge is -2.27. The predicted octanol–water partition coefficient (Wildman–Crippen LogP) is 1.88. The van der Waals surface area contributed by atoms with Crippen molar-refractivity contribution in [3.05, 3.63) is 0 Å². The number of hydrogen-bond donors (Lipinski definition) is 0. The van der Waals surface area contributed by atoms with E-state index in [2.05, 4.69) is 4.18 Å². The van der Waals surface area contributed by atoms with Crippen LogP contribution < -0.4 is 0 Å². The molecule has 0 bridgehead atoms. The van der Waals surface area contributed by atoms with E-state index in [0.29, 0.717) is 0 Å². The number of rotatable bonds is 6. The van der Waals surface area contributed by atoms with E-state index in [4.69, 9.17) is 9.78 Å². The summed E-state index contributed by atoms with van der Waals surface area (Å²) in [6.45, 7) is 10.5. The molecule has 0 saturated heterocycles. The largest absolute Gasteiger partial charge is 0.270 e. The first-order valence-corrected chi connectivity index (χ1v) is 6.79. The smallest absolute Gasteiger partial charge is 0.270 e. The maximum Gasteiger partial charge on any atom is 0.270 e. The zero-order valence-corrected chi connectivity index (χ0v) is 11.7. The van der Waals surface area contributed by atoms with Gasteiger partial charge >= 0.3 is 0 Å². The Balaban J connectivity index is 4.35. The molecule has 0 atom stereocenters. The van der Waals surface area contributed by atoms with E-state index >= 15 is 0 Å². The lowest BCUT2D eigenvalue weighted by atomic mass is 10.2. The van der Waals surface area contributed by atoms with E-state index in [-0.39, 0.29) is 12.4 Å². The van der Waals surface area contributed by atoms with Crippen LogP contribution in [0.1, 0.15) is 41.5 Å². The molecule has 0 rings (SSSR count). The van der Waals surface area contributed by atoms with Crippen molar-refractivity contribution in [2.75, 3.05) is 12.4 Å². The minimum Gasteiger partial charge on any atom is -0.270 e. The van der Waals surface area contributed by atoms with Gasteiger partial charge in [0.1, 0.15) is 11.4 Å². The third kappa shape index (κ3) is 8.04. The second-order valence-corrected chi connectivity index (χ2v) is 6.79. The standard InChI is InChI=1S/C10H22O5S/c1-7-13-16(11,12)8-10(5,6)15-14-9(2,3)4/h7-8H2,1-6H3. The van der Waals surface area contributed by atoms with E-state index in [1.807, 2.05) is 20.8 Å². The highest BCUT2D eigenvalue weighted by Gasteiger charge is 2.30. The quantitative estimate of drug-likeness (QED) is 0.411. The van der Waals surface area contributed by atoms with E-state index in [9.17, 15) is 8.42 Å². The molecule has 0 aliphatic carbocycles. The molecule has 0 N–H and O–H groups in total. The number of hydrogen-bond acceptors (Lipinski definition) is 5. The normalized spacial score (nSPS) is 14.1. The van der Waals surface area contributed by atoms with Crippen LogP contribution in [0.4, 0.5) is 0 Å². The summed E-state index contributed by atoms with van der Waals surface area (Å²) in [5, 5.41) is 0. The van der Waals surface area contributed by atoms with E-state index in [1.54, 1.807) is 20.8 Å². The monoisotopic (exact) mass is 254 g/mol. The molecule has 6 heteroatoms. The molecule has 98 valence electrons. The highest BCUT2D eigenvalue weighted by Crippen LogP contribution is 2.18. The molecule has 0 amide bonds. The van der Waals surface area contributed by atoms with Crippen molar-refractivity contribution in [3.8, 4) is 0 Å². The van der Waals surface area contributed by atoms with Crippen LogP contribution in [0.15, 0.2) is 0 Å². The third-order valence-corrected chi connectivity index (χ3v) is 2.98. The fourth-order valence-corrected chi connectivity index (χ4v) is 2.25. The maximum absolute atomic E-state index is 11.4. The van der Waals surface area contributed by atoms with Gasteiger partial charge in [0.2, 0.25) is 0 Å². The Morgan fingerprint density at radius 2 is 1.50 bits per heavy atom. The molecule has 0 aliphatic rings. The zero-order valence-electron chi connectivity index (χ0n) is 10.9. The van der Waals surface area contributed by atoms with Gasteiger partial charge in [0.25, 0.3) is 10.1 Å². The van der Waals surface area contributed by atoms with Crippen molar-refractivity contribution >= 4 is 10.1 Å². The van der Waals surface area contributed by atoms with Gasteiger partial charge in [0, 0.05) is 0 Å². The molecule has 0 spiro atoms. The average molecular weight is 254 g/mol. The second-order valence-electron chi connectivity index (χ2n) is 5.15. The molecule has 0 heterocycles. The Morgan fingerprint density at radius 3 is 1.88 bits per heavy atom. The molecule has 0 saturated carbocycles. The van der Waals surface area contributed by atoms with Crippen LogP contribution in [0.3, 0.4) is 0 Å². The summed E-state index contributed by atoms with van der Waals surface area (Å²) in [5.41, 5.74) is -1.42. The van der Waals surface area contributed by atoms with Crippen LogP contribution in [-0.2, 0) is 24.1 Å². The van der Waals surface area contributed by atoms with Crippen LogP contribution in [-0.4, -0.2) is 32.0 Å². The van der Waals surface area contributed by atoms with Crippen molar-refractivity contribution in [1.29, 1.82) is 0 Å². The molecule has 16 heavy (non-hydrogen) atoms. The van der Waals surface area contributed by atoms with Gasteiger partial charge in [-0.2, -0.15) is 8.42 Å². The first-order chi connectivity index (χ1) is 6.97. The Morgan fingerprint density at radius 1 is 1.00 bits per heavy atom. The minimum absolute atomic E-state index is 0.124. The van der Waals surface area contributed by atoms with Gasteiger partial charge in [0.05, 0.1) is 12.2 Å². The zero-order chi connectivity index (χ0) is 13.0. The maximum atomic E-state index is 11.4. The molecule has 0 unspecified atom stereocenters. The van der Waals surface area contributed by atoms with E-state index in [1.165, 1.54) is 0 Å². The van der Waals surface area contributed by atoms with Gasteiger partial charge in [-0.25, -0.2) is 9.78 Å². The summed E-state index contributed by atoms with van der Waals surface area (Å²) >= 11 is 0.